The molecule has 2 aromatic rings. The minimum absolute atomic E-state index is 0.435. The number of benzene rings is 1. The molecule has 0 aliphatic rings. The lowest BCUT2D eigenvalue weighted by Gasteiger charge is -2.17. The summed E-state index contributed by atoms with van der Waals surface area (Å²) >= 11 is 0. The lowest BCUT2D eigenvalue weighted by molar-refractivity contribution is 0.464. The molecule has 1 aromatic heterocycles. The molecule has 0 saturated carbocycles. The summed E-state index contributed by atoms with van der Waals surface area (Å²) in [7, 11) is -1.91. The van der Waals surface area contributed by atoms with Crippen LogP contribution >= 0.6 is 0 Å². The summed E-state index contributed by atoms with van der Waals surface area (Å²) in [6.45, 7) is 0.435. The Hall–Kier alpha value is -1.66. The minimum Gasteiger partial charge on any atom is -0.244 e. The van der Waals surface area contributed by atoms with Crippen molar-refractivity contribution < 1.29 is 8.42 Å². The summed E-state index contributed by atoms with van der Waals surface area (Å²) in [5, 5.41) is 0. The number of hydrogen-bond acceptors (Lipinski definition) is 3. The highest BCUT2D eigenvalue weighted by Crippen LogP contribution is 2.06. The molecule has 0 saturated heterocycles. The van der Waals surface area contributed by atoms with E-state index in [1.807, 2.05) is 30.3 Å². The molecule has 0 unspecified atom stereocenters. The normalized spacial score (nSPS) is 11.9. The lowest BCUT2D eigenvalue weighted by atomic mass is 10.2. The molecular weight excluding hydrogens is 250 g/mol. The molecule has 0 aliphatic heterocycles. The van der Waals surface area contributed by atoms with Crippen LogP contribution in [0.15, 0.2) is 49.1 Å². The molecular formula is C12H15N3O2S. The second kappa shape index (κ2) is 5.32. The van der Waals surface area contributed by atoms with Crippen molar-refractivity contribution in [3.8, 4) is 0 Å². The van der Waals surface area contributed by atoms with Gasteiger partial charge in [0.15, 0.2) is 0 Å². The van der Waals surface area contributed by atoms with Crippen LogP contribution in [-0.4, -0.2) is 35.3 Å². The van der Waals surface area contributed by atoms with Crippen LogP contribution in [0.4, 0.5) is 0 Å². The van der Waals surface area contributed by atoms with Crippen molar-refractivity contribution in [3.05, 3.63) is 54.6 Å². The second-order valence-corrected chi connectivity index (χ2v) is 5.90. The molecule has 0 spiro atoms. The standard InChI is InChI=1S/C12H15N3O2S/c1-14(9-7-12-5-3-2-4-6-12)18(16,17)15-10-8-13-11-15/h2-6,8,10-11H,7,9H2,1H3. The zero-order chi connectivity index (χ0) is 13.0. The van der Waals surface area contributed by atoms with Crippen LogP contribution in [0.2, 0.25) is 0 Å². The Kier molecular flexibility index (Phi) is 3.78. The SMILES string of the molecule is CN(CCc1ccccc1)S(=O)(=O)n1ccnc1. The summed E-state index contributed by atoms with van der Waals surface area (Å²) < 4.78 is 26.6. The number of aromatic nitrogens is 2. The van der Waals surface area contributed by atoms with E-state index in [0.29, 0.717) is 13.0 Å². The topological polar surface area (TPSA) is 55.2 Å². The van der Waals surface area contributed by atoms with E-state index in [4.69, 9.17) is 0 Å². The predicted molar refractivity (Wildman–Crippen MR) is 69.3 cm³/mol. The van der Waals surface area contributed by atoms with Gasteiger partial charge in [0, 0.05) is 26.0 Å². The molecule has 18 heavy (non-hydrogen) atoms. The highest BCUT2D eigenvalue weighted by molar-refractivity contribution is 7.87. The number of likely N-dealkylation sites (N-methyl/N-ethyl adjacent to an activating group) is 1. The van der Waals surface area contributed by atoms with Gasteiger partial charge in [-0.05, 0) is 12.0 Å². The monoisotopic (exact) mass is 265 g/mol. The third-order valence-electron chi connectivity index (χ3n) is 2.70. The minimum atomic E-state index is -3.48. The summed E-state index contributed by atoms with van der Waals surface area (Å²) in [5.74, 6) is 0. The van der Waals surface area contributed by atoms with E-state index in [1.165, 1.54) is 23.0 Å². The number of rotatable bonds is 5. The smallest absolute Gasteiger partial charge is 0.244 e. The fraction of sp³-hybridized carbons (Fsp3) is 0.250. The van der Waals surface area contributed by atoms with Crippen LogP contribution in [0.5, 0.6) is 0 Å². The van der Waals surface area contributed by atoms with Crippen LogP contribution in [0.25, 0.3) is 0 Å². The molecule has 0 fully saturated rings. The predicted octanol–water partition coefficient (Wildman–Crippen LogP) is 1.15. The van der Waals surface area contributed by atoms with Crippen molar-refractivity contribution in [1.29, 1.82) is 0 Å². The number of imidazole rings is 1. The Labute approximate surface area is 107 Å². The maximum Gasteiger partial charge on any atom is 0.308 e. The molecule has 2 rings (SSSR count). The van der Waals surface area contributed by atoms with Gasteiger partial charge >= 0.3 is 10.2 Å². The zero-order valence-corrected chi connectivity index (χ0v) is 10.9. The Bertz CT molecular complexity index is 579. The van der Waals surface area contributed by atoms with E-state index in [2.05, 4.69) is 4.98 Å². The maximum absolute atomic E-state index is 12.1. The van der Waals surface area contributed by atoms with E-state index < -0.39 is 10.2 Å². The third kappa shape index (κ3) is 2.77. The van der Waals surface area contributed by atoms with E-state index in [0.717, 1.165) is 9.54 Å². The van der Waals surface area contributed by atoms with Crippen molar-refractivity contribution in [2.75, 3.05) is 13.6 Å². The van der Waals surface area contributed by atoms with E-state index in [-0.39, 0.29) is 0 Å². The van der Waals surface area contributed by atoms with Gasteiger partial charge in [0.1, 0.15) is 6.33 Å². The van der Waals surface area contributed by atoms with E-state index in [1.54, 1.807) is 7.05 Å². The molecule has 0 aliphatic carbocycles. The first-order chi connectivity index (χ1) is 8.60. The van der Waals surface area contributed by atoms with Crippen molar-refractivity contribution in [3.63, 3.8) is 0 Å². The number of hydrogen-bond donors (Lipinski definition) is 0. The molecule has 0 atom stereocenters. The first-order valence-electron chi connectivity index (χ1n) is 5.59. The van der Waals surface area contributed by atoms with Crippen LogP contribution in [0.1, 0.15) is 5.56 Å². The largest absolute Gasteiger partial charge is 0.308 e. The third-order valence-corrected chi connectivity index (χ3v) is 4.42. The lowest BCUT2D eigenvalue weighted by Crippen LogP contribution is -2.33. The first kappa shape index (κ1) is 12.8. The highest BCUT2D eigenvalue weighted by atomic mass is 32.2. The summed E-state index contributed by atoms with van der Waals surface area (Å²) in [6, 6.07) is 9.80. The maximum atomic E-state index is 12.1. The quantitative estimate of drug-likeness (QED) is 0.815. The number of nitrogens with zero attached hydrogens (tertiary/aromatic N) is 3. The van der Waals surface area contributed by atoms with E-state index >= 15 is 0 Å². The van der Waals surface area contributed by atoms with Gasteiger partial charge in [0.05, 0.1) is 0 Å². The van der Waals surface area contributed by atoms with Gasteiger partial charge in [-0.25, -0.2) is 8.96 Å². The fourth-order valence-electron chi connectivity index (χ4n) is 1.59. The average Bonchev–Trinajstić information content (AvgIpc) is 2.91. The van der Waals surface area contributed by atoms with Crippen LogP contribution in [-0.2, 0) is 16.6 Å². The van der Waals surface area contributed by atoms with Crippen LogP contribution in [0, 0.1) is 0 Å². The Morgan fingerprint density at radius 2 is 2.00 bits per heavy atom. The molecule has 0 amide bonds. The summed E-state index contributed by atoms with van der Waals surface area (Å²) in [5.41, 5.74) is 1.12. The Morgan fingerprint density at radius 3 is 2.61 bits per heavy atom. The fourth-order valence-corrected chi connectivity index (χ4v) is 2.62. The molecule has 6 heteroatoms. The molecule has 5 nitrogen and oxygen atoms in total. The van der Waals surface area contributed by atoms with Crippen molar-refractivity contribution in [1.82, 2.24) is 13.3 Å². The highest BCUT2D eigenvalue weighted by Gasteiger charge is 2.18. The molecule has 1 aromatic carbocycles. The van der Waals surface area contributed by atoms with Crippen molar-refractivity contribution in [2.45, 2.75) is 6.42 Å². The van der Waals surface area contributed by atoms with Gasteiger partial charge in [-0.3, -0.25) is 0 Å². The van der Waals surface area contributed by atoms with Crippen molar-refractivity contribution >= 4 is 10.2 Å². The summed E-state index contributed by atoms with van der Waals surface area (Å²) in [4.78, 5) is 3.75. The summed E-state index contributed by atoms with van der Waals surface area (Å²) in [6.07, 6.45) is 4.84. The van der Waals surface area contributed by atoms with Gasteiger partial charge in [-0.15, -0.1) is 0 Å². The van der Waals surface area contributed by atoms with Gasteiger partial charge < -0.3 is 0 Å². The van der Waals surface area contributed by atoms with Crippen LogP contribution < -0.4 is 0 Å². The molecule has 0 N–H and O–H groups in total. The zero-order valence-electron chi connectivity index (χ0n) is 10.1. The molecule has 1 heterocycles. The van der Waals surface area contributed by atoms with Gasteiger partial charge in [0.2, 0.25) is 0 Å². The second-order valence-electron chi connectivity index (χ2n) is 3.96. The Morgan fingerprint density at radius 1 is 1.28 bits per heavy atom. The van der Waals surface area contributed by atoms with Gasteiger partial charge in [-0.1, -0.05) is 30.3 Å². The molecule has 0 radical (unpaired) electrons. The average molecular weight is 265 g/mol. The Balaban J connectivity index is 2.03. The first-order valence-corrected chi connectivity index (χ1v) is 6.99. The van der Waals surface area contributed by atoms with Gasteiger partial charge in [-0.2, -0.15) is 12.7 Å². The van der Waals surface area contributed by atoms with Gasteiger partial charge in [0.25, 0.3) is 0 Å². The van der Waals surface area contributed by atoms with Crippen molar-refractivity contribution in [2.24, 2.45) is 0 Å². The van der Waals surface area contributed by atoms with E-state index in [9.17, 15) is 8.42 Å². The molecule has 0 bridgehead atoms. The van der Waals surface area contributed by atoms with Crippen LogP contribution in [0.3, 0.4) is 0 Å². The molecule has 96 valence electrons.